The van der Waals surface area contributed by atoms with E-state index in [4.69, 9.17) is 21.7 Å². The minimum atomic E-state index is -0.265. The van der Waals surface area contributed by atoms with Crippen LogP contribution in [0.1, 0.15) is 22.7 Å². The van der Waals surface area contributed by atoms with Crippen molar-refractivity contribution in [3.8, 4) is 11.5 Å². The van der Waals surface area contributed by atoms with Crippen LogP contribution in [0.5, 0.6) is 11.5 Å². The van der Waals surface area contributed by atoms with Gasteiger partial charge in [0.2, 0.25) is 5.91 Å². The number of carbonyl (C=O) groups excluding carboxylic acids is 1. The van der Waals surface area contributed by atoms with E-state index in [1.165, 1.54) is 6.07 Å². The Hall–Kier alpha value is -2.87. The molecule has 2 aliphatic heterocycles. The van der Waals surface area contributed by atoms with Crippen LogP contribution >= 0.6 is 12.2 Å². The molecule has 1 atom stereocenters. The highest BCUT2D eigenvalue weighted by Gasteiger charge is 2.38. The van der Waals surface area contributed by atoms with Crippen LogP contribution in [0.25, 0.3) is 0 Å². The molecule has 0 aliphatic carbocycles. The van der Waals surface area contributed by atoms with E-state index < -0.39 is 0 Å². The Balaban J connectivity index is 1.59. The molecule has 1 fully saturated rings. The average Bonchev–Trinajstić information content (AvgIpc) is 2.74. The Bertz CT molecular complexity index is 1010. The standard InChI is InChI=1S/C22H24FN3O3S/c1-13-8-15(4-5-17(13)23)24-22(30)25-11-18-16-10-20(29-3)19(28-2)9-14(16)6-7-26(18)21(27)12-25/h4-5,8-10,18H,6-7,11-12H2,1-3H3,(H,24,30). The van der Waals surface area contributed by atoms with Gasteiger partial charge >= 0.3 is 0 Å². The molecule has 1 saturated heterocycles. The molecule has 2 aromatic rings. The largest absolute Gasteiger partial charge is 0.493 e. The summed E-state index contributed by atoms with van der Waals surface area (Å²) in [5.74, 6) is 1.10. The number of hydrogen-bond acceptors (Lipinski definition) is 4. The Labute approximate surface area is 180 Å². The van der Waals surface area contributed by atoms with Gasteiger partial charge in [0, 0.05) is 18.8 Å². The van der Waals surface area contributed by atoms with E-state index in [9.17, 15) is 9.18 Å². The van der Waals surface area contributed by atoms with Crippen molar-refractivity contribution in [3.05, 3.63) is 52.8 Å². The Kier molecular flexibility index (Phi) is 5.51. The van der Waals surface area contributed by atoms with Gasteiger partial charge in [-0.05, 0) is 72.6 Å². The third kappa shape index (κ3) is 3.67. The fourth-order valence-electron chi connectivity index (χ4n) is 4.13. The number of thiocarbonyl (C=S) groups is 1. The van der Waals surface area contributed by atoms with Gasteiger partial charge in [-0.25, -0.2) is 4.39 Å². The van der Waals surface area contributed by atoms with Crippen LogP contribution in [0.3, 0.4) is 0 Å². The fourth-order valence-corrected chi connectivity index (χ4v) is 4.39. The average molecular weight is 430 g/mol. The lowest BCUT2D eigenvalue weighted by molar-refractivity contribution is -0.138. The number of benzene rings is 2. The summed E-state index contributed by atoms with van der Waals surface area (Å²) in [4.78, 5) is 16.6. The molecule has 0 radical (unpaired) electrons. The number of nitrogens with zero attached hydrogens (tertiary/aromatic N) is 2. The first-order valence-corrected chi connectivity index (χ1v) is 10.2. The van der Waals surface area contributed by atoms with Crippen molar-refractivity contribution >= 4 is 28.9 Å². The normalized spacial score (nSPS) is 17.9. The number of halogens is 1. The predicted molar refractivity (Wildman–Crippen MR) is 117 cm³/mol. The summed E-state index contributed by atoms with van der Waals surface area (Å²) in [6.07, 6.45) is 0.773. The van der Waals surface area contributed by atoms with Gasteiger partial charge in [-0.15, -0.1) is 0 Å². The molecule has 6 nitrogen and oxygen atoms in total. The number of carbonyl (C=O) groups is 1. The molecule has 1 N–H and O–H groups in total. The van der Waals surface area contributed by atoms with E-state index in [1.807, 2.05) is 21.9 Å². The van der Waals surface area contributed by atoms with Gasteiger partial charge < -0.3 is 24.6 Å². The molecule has 2 aromatic carbocycles. The van der Waals surface area contributed by atoms with Gasteiger partial charge in [-0.2, -0.15) is 0 Å². The summed E-state index contributed by atoms with van der Waals surface area (Å²) < 4.78 is 24.4. The van der Waals surface area contributed by atoms with Crippen LogP contribution in [-0.2, 0) is 11.2 Å². The second-order valence-corrected chi connectivity index (χ2v) is 7.92. The summed E-state index contributed by atoms with van der Waals surface area (Å²) in [6.45, 7) is 3.15. The van der Waals surface area contributed by atoms with Crippen LogP contribution < -0.4 is 14.8 Å². The lowest BCUT2D eigenvalue weighted by Crippen LogP contribution is -2.56. The summed E-state index contributed by atoms with van der Waals surface area (Å²) in [6, 6.07) is 8.57. The second-order valence-electron chi connectivity index (χ2n) is 7.53. The van der Waals surface area contributed by atoms with Crippen molar-refractivity contribution in [1.29, 1.82) is 0 Å². The van der Waals surface area contributed by atoms with Gasteiger partial charge in [0.05, 0.1) is 26.8 Å². The SMILES string of the molecule is COc1cc2c(cc1OC)C1CN(C(=S)Nc3ccc(F)c(C)c3)CC(=O)N1CC2. The number of nitrogens with one attached hydrogen (secondary N) is 1. The lowest BCUT2D eigenvalue weighted by Gasteiger charge is -2.45. The van der Waals surface area contributed by atoms with E-state index in [1.54, 1.807) is 33.3 Å². The fraction of sp³-hybridized carbons (Fsp3) is 0.364. The highest BCUT2D eigenvalue weighted by atomic mass is 32.1. The van der Waals surface area contributed by atoms with Crippen LogP contribution in [0.4, 0.5) is 10.1 Å². The molecule has 0 aromatic heterocycles. The number of anilines is 1. The van der Waals surface area contributed by atoms with Gasteiger partial charge in [0.15, 0.2) is 16.6 Å². The predicted octanol–water partition coefficient (Wildman–Crippen LogP) is 3.29. The van der Waals surface area contributed by atoms with Crippen LogP contribution in [0.2, 0.25) is 0 Å². The molecular weight excluding hydrogens is 405 g/mol. The lowest BCUT2D eigenvalue weighted by atomic mass is 9.90. The minimum absolute atomic E-state index is 0.0334. The molecular formula is C22H24FN3O3S. The number of aryl methyl sites for hydroxylation is 1. The monoisotopic (exact) mass is 429 g/mol. The molecule has 1 amide bonds. The number of rotatable bonds is 3. The summed E-state index contributed by atoms with van der Waals surface area (Å²) in [5.41, 5.74) is 3.43. The van der Waals surface area contributed by atoms with Crippen molar-refractivity contribution in [2.45, 2.75) is 19.4 Å². The smallest absolute Gasteiger partial charge is 0.242 e. The van der Waals surface area contributed by atoms with E-state index in [-0.39, 0.29) is 24.3 Å². The molecule has 30 heavy (non-hydrogen) atoms. The molecule has 8 heteroatoms. The Morgan fingerprint density at radius 3 is 2.63 bits per heavy atom. The Morgan fingerprint density at radius 2 is 1.93 bits per heavy atom. The van der Waals surface area contributed by atoms with Gasteiger partial charge in [0.25, 0.3) is 0 Å². The number of hydrogen-bond donors (Lipinski definition) is 1. The Morgan fingerprint density at radius 1 is 1.20 bits per heavy atom. The van der Waals surface area contributed by atoms with E-state index in [0.717, 1.165) is 17.5 Å². The van der Waals surface area contributed by atoms with Crippen molar-refractivity contribution < 1.29 is 18.7 Å². The first-order valence-electron chi connectivity index (χ1n) is 9.77. The number of fused-ring (bicyclic) bond motifs is 3. The number of ether oxygens (including phenoxy) is 2. The highest BCUT2D eigenvalue weighted by Crippen LogP contribution is 2.39. The highest BCUT2D eigenvalue weighted by molar-refractivity contribution is 7.80. The summed E-state index contributed by atoms with van der Waals surface area (Å²) >= 11 is 5.57. The summed E-state index contributed by atoms with van der Waals surface area (Å²) in [5, 5.41) is 3.58. The zero-order valence-electron chi connectivity index (χ0n) is 17.2. The van der Waals surface area contributed by atoms with E-state index in [2.05, 4.69) is 5.32 Å². The third-order valence-corrected chi connectivity index (χ3v) is 6.10. The number of methoxy groups -OCH3 is 2. The quantitative estimate of drug-likeness (QED) is 0.756. The minimum Gasteiger partial charge on any atom is -0.493 e. The van der Waals surface area contributed by atoms with Crippen molar-refractivity contribution in [1.82, 2.24) is 9.80 Å². The molecule has 0 saturated carbocycles. The van der Waals surface area contributed by atoms with E-state index in [0.29, 0.717) is 41.0 Å². The zero-order chi connectivity index (χ0) is 21.4. The third-order valence-electron chi connectivity index (χ3n) is 5.74. The summed E-state index contributed by atoms with van der Waals surface area (Å²) in [7, 11) is 3.22. The molecule has 0 spiro atoms. The molecule has 4 rings (SSSR count). The molecule has 0 bridgehead atoms. The number of piperazine rings is 1. The van der Waals surface area contributed by atoms with E-state index >= 15 is 0 Å². The van der Waals surface area contributed by atoms with Gasteiger partial charge in [-0.1, -0.05) is 0 Å². The van der Waals surface area contributed by atoms with Gasteiger partial charge in [-0.3, -0.25) is 4.79 Å². The van der Waals surface area contributed by atoms with Crippen molar-refractivity contribution in [2.75, 3.05) is 39.2 Å². The topological polar surface area (TPSA) is 54.0 Å². The van der Waals surface area contributed by atoms with Crippen LogP contribution in [0, 0.1) is 12.7 Å². The number of amides is 1. The van der Waals surface area contributed by atoms with Crippen molar-refractivity contribution in [2.24, 2.45) is 0 Å². The van der Waals surface area contributed by atoms with Gasteiger partial charge in [0.1, 0.15) is 5.82 Å². The maximum Gasteiger partial charge on any atom is 0.242 e. The first-order chi connectivity index (χ1) is 14.4. The molecule has 1 unspecified atom stereocenters. The molecule has 2 heterocycles. The maximum absolute atomic E-state index is 13.5. The zero-order valence-corrected chi connectivity index (χ0v) is 18.0. The maximum atomic E-state index is 13.5. The van der Waals surface area contributed by atoms with Crippen LogP contribution in [-0.4, -0.2) is 54.7 Å². The van der Waals surface area contributed by atoms with Crippen molar-refractivity contribution in [3.63, 3.8) is 0 Å². The van der Waals surface area contributed by atoms with Crippen LogP contribution in [0.15, 0.2) is 30.3 Å². The molecule has 2 aliphatic rings. The molecule has 158 valence electrons. The second kappa shape index (κ2) is 8.10. The first kappa shape index (κ1) is 20.4.